The highest BCUT2D eigenvalue weighted by atomic mass is 32.2. The van der Waals surface area contributed by atoms with Crippen LogP contribution in [0, 0.1) is 0 Å². The number of carbonyl (C=O) groups is 1. The first-order valence-corrected chi connectivity index (χ1v) is 9.00. The number of benzene rings is 1. The molecule has 3 rings (SSSR count). The van der Waals surface area contributed by atoms with Crippen LogP contribution in [0.1, 0.15) is 13.8 Å². The Bertz CT molecular complexity index is 850. The van der Waals surface area contributed by atoms with Crippen LogP contribution in [0.2, 0.25) is 0 Å². The molecular formula is C17H21N5OS. The van der Waals surface area contributed by atoms with E-state index in [-0.39, 0.29) is 5.91 Å². The van der Waals surface area contributed by atoms with Gasteiger partial charge in [0.1, 0.15) is 0 Å². The maximum Gasteiger partial charge on any atom is 0.233 e. The van der Waals surface area contributed by atoms with Crippen LogP contribution < -0.4 is 0 Å². The highest BCUT2D eigenvalue weighted by Crippen LogP contribution is 2.29. The molecule has 7 heteroatoms. The van der Waals surface area contributed by atoms with Crippen LogP contribution in [-0.4, -0.2) is 49.4 Å². The molecule has 3 aromatic rings. The van der Waals surface area contributed by atoms with Gasteiger partial charge in [0.05, 0.1) is 5.75 Å². The SMILES string of the molecule is CCN(CC)C(=O)CSc1nnc(-c2c[nH]c3ccccc23)n1C. The number of nitrogens with zero attached hydrogens (tertiary/aromatic N) is 4. The van der Waals surface area contributed by atoms with Crippen molar-refractivity contribution in [2.24, 2.45) is 7.05 Å². The van der Waals surface area contributed by atoms with Crippen molar-refractivity contribution in [2.45, 2.75) is 19.0 Å². The molecule has 2 aromatic heterocycles. The van der Waals surface area contributed by atoms with Gasteiger partial charge in [-0.2, -0.15) is 0 Å². The van der Waals surface area contributed by atoms with Crippen LogP contribution in [0.25, 0.3) is 22.3 Å². The number of H-pyrrole nitrogens is 1. The second-order valence-electron chi connectivity index (χ2n) is 5.47. The van der Waals surface area contributed by atoms with Gasteiger partial charge in [0.2, 0.25) is 5.91 Å². The summed E-state index contributed by atoms with van der Waals surface area (Å²) in [4.78, 5) is 17.2. The number of hydrogen-bond acceptors (Lipinski definition) is 4. The number of amides is 1. The summed E-state index contributed by atoms with van der Waals surface area (Å²) in [6, 6.07) is 8.11. The molecule has 1 N–H and O–H groups in total. The van der Waals surface area contributed by atoms with E-state index < -0.39 is 0 Å². The average molecular weight is 343 g/mol. The van der Waals surface area contributed by atoms with E-state index in [4.69, 9.17) is 0 Å². The molecule has 1 aromatic carbocycles. The first-order valence-electron chi connectivity index (χ1n) is 8.02. The lowest BCUT2D eigenvalue weighted by Gasteiger charge is -2.17. The van der Waals surface area contributed by atoms with Gasteiger partial charge < -0.3 is 14.5 Å². The normalized spacial score (nSPS) is 11.1. The van der Waals surface area contributed by atoms with E-state index >= 15 is 0 Å². The number of carbonyl (C=O) groups excluding carboxylic acids is 1. The Hall–Kier alpha value is -2.28. The van der Waals surface area contributed by atoms with Crippen molar-refractivity contribution < 1.29 is 4.79 Å². The summed E-state index contributed by atoms with van der Waals surface area (Å²) in [5.74, 6) is 1.30. The largest absolute Gasteiger partial charge is 0.360 e. The predicted octanol–water partition coefficient (Wildman–Crippen LogP) is 2.92. The molecule has 126 valence electrons. The van der Waals surface area contributed by atoms with Crippen molar-refractivity contribution in [1.29, 1.82) is 0 Å². The number of para-hydroxylation sites is 1. The average Bonchev–Trinajstić information content (AvgIpc) is 3.17. The van der Waals surface area contributed by atoms with Crippen LogP contribution in [0.4, 0.5) is 0 Å². The Morgan fingerprint density at radius 3 is 2.75 bits per heavy atom. The fraction of sp³-hybridized carbons (Fsp3) is 0.353. The molecule has 1 amide bonds. The molecular weight excluding hydrogens is 322 g/mol. The summed E-state index contributed by atoms with van der Waals surface area (Å²) in [5, 5.41) is 10.4. The van der Waals surface area contributed by atoms with E-state index in [0.29, 0.717) is 5.75 Å². The van der Waals surface area contributed by atoms with Gasteiger partial charge in [-0.15, -0.1) is 10.2 Å². The number of hydrogen-bond donors (Lipinski definition) is 1. The van der Waals surface area contributed by atoms with E-state index in [2.05, 4.69) is 21.2 Å². The lowest BCUT2D eigenvalue weighted by Crippen LogP contribution is -2.31. The minimum absolute atomic E-state index is 0.127. The van der Waals surface area contributed by atoms with Crippen molar-refractivity contribution >= 4 is 28.6 Å². The maximum atomic E-state index is 12.1. The summed E-state index contributed by atoms with van der Waals surface area (Å²) in [6.07, 6.45) is 1.95. The number of thioether (sulfide) groups is 1. The fourth-order valence-corrected chi connectivity index (χ4v) is 3.54. The molecule has 0 atom stereocenters. The molecule has 0 spiro atoms. The zero-order chi connectivity index (χ0) is 17.1. The Morgan fingerprint density at radius 1 is 1.25 bits per heavy atom. The summed E-state index contributed by atoms with van der Waals surface area (Å²) in [6.45, 7) is 5.44. The molecule has 0 radical (unpaired) electrons. The Labute approximate surface area is 145 Å². The topological polar surface area (TPSA) is 66.8 Å². The summed E-state index contributed by atoms with van der Waals surface area (Å²) >= 11 is 1.43. The van der Waals surface area contributed by atoms with Crippen LogP contribution in [-0.2, 0) is 11.8 Å². The molecule has 0 aliphatic rings. The number of aromatic nitrogens is 4. The van der Waals surface area contributed by atoms with E-state index in [1.165, 1.54) is 11.8 Å². The second-order valence-corrected chi connectivity index (χ2v) is 6.41. The molecule has 2 heterocycles. The van der Waals surface area contributed by atoms with Crippen LogP contribution in [0.15, 0.2) is 35.6 Å². The molecule has 6 nitrogen and oxygen atoms in total. The Morgan fingerprint density at radius 2 is 2.00 bits per heavy atom. The number of rotatable bonds is 6. The first kappa shape index (κ1) is 16.6. The minimum atomic E-state index is 0.127. The Kier molecular flexibility index (Phi) is 4.89. The molecule has 0 unspecified atom stereocenters. The quantitative estimate of drug-likeness (QED) is 0.699. The molecule has 0 aliphatic carbocycles. The van der Waals surface area contributed by atoms with Crippen molar-refractivity contribution in [1.82, 2.24) is 24.6 Å². The van der Waals surface area contributed by atoms with Crippen LogP contribution >= 0.6 is 11.8 Å². The maximum absolute atomic E-state index is 12.1. The number of aromatic amines is 1. The van der Waals surface area contributed by atoms with Crippen molar-refractivity contribution in [3.8, 4) is 11.4 Å². The minimum Gasteiger partial charge on any atom is -0.360 e. The zero-order valence-corrected chi connectivity index (χ0v) is 14.9. The first-order chi connectivity index (χ1) is 11.7. The van der Waals surface area contributed by atoms with Gasteiger partial charge in [0.25, 0.3) is 0 Å². The third kappa shape index (κ3) is 3.03. The van der Waals surface area contributed by atoms with Crippen LogP contribution in [0.3, 0.4) is 0 Å². The zero-order valence-electron chi connectivity index (χ0n) is 14.1. The summed E-state index contributed by atoms with van der Waals surface area (Å²) in [7, 11) is 1.93. The van der Waals surface area contributed by atoms with Gasteiger partial charge in [-0.3, -0.25) is 4.79 Å². The summed E-state index contributed by atoms with van der Waals surface area (Å²) < 4.78 is 1.94. The van der Waals surface area contributed by atoms with E-state index in [9.17, 15) is 4.79 Å². The lowest BCUT2D eigenvalue weighted by atomic mass is 10.1. The third-order valence-corrected chi connectivity index (χ3v) is 5.11. The van der Waals surface area contributed by atoms with Gasteiger partial charge >= 0.3 is 0 Å². The third-order valence-electron chi connectivity index (χ3n) is 4.11. The molecule has 0 saturated carbocycles. The van der Waals surface area contributed by atoms with Gasteiger partial charge in [-0.25, -0.2) is 0 Å². The van der Waals surface area contributed by atoms with Crippen molar-refractivity contribution in [2.75, 3.05) is 18.8 Å². The van der Waals surface area contributed by atoms with Gasteiger partial charge in [0, 0.05) is 42.8 Å². The predicted molar refractivity (Wildman–Crippen MR) is 96.9 cm³/mol. The summed E-state index contributed by atoms with van der Waals surface area (Å²) in [5.41, 5.74) is 2.09. The van der Waals surface area contributed by atoms with Gasteiger partial charge in [-0.1, -0.05) is 30.0 Å². The number of fused-ring (bicyclic) bond motifs is 1. The van der Waals surface area contributed by atoms with Crippen molar-refractivity contribution in [3.05, 3.63) is 30.5 Å². The smallest absolute Gasteiger partial charge is 0.233 e. The molecule has 0 bridgehead atoms. The van der Waals surface area contributed by atoms with E-state index in [0.717, 1.165) is 40.5 Å². The molecule has 0 aliphatic heterocycles. The van der Waals surface area contributed by atoms with E-state index in [1.807, 2.05) is 54.8 Å². The molecule has 0 saturated heterocycles. The standard InChI is InChI=1S/C17H21N5OS/c1-4-22(5-2)15(23)11-24-17-20-19-16(21(17)3)13-10-18-14-9-7-6-8-12(13)14/h6-10,18H,4-5,11H2,1-3H3. The number of nitrogens with one attached hydrogen (secondary N) is 1. The monoisotopic (exact) mass is 343 g/mol. The Balaban J connectivity index is 1.80. The van der Waals surface area contributed by atoms with Crippen LogP contribution in [0.5, 0.6) is 0 Å². The highest BCUT2D eigenvalue weighted by Gasteiger charge is 2.17. The lowest BCUT2D eigenvalue weighted by molar-refractivity contribution is -0.127. The molecule has 0 fully saturated rings. The highest BCUT2D eigenvalue weighted by molar-refractivity contribution is 7.99. The second kappa shape index (κ2) is 7.09. The van der Waals surface area contributed by atoms with Gasteiger partial charge in [-0.05, 0) is 19.9 Å². The fourth-order valence-electron chi connectivity index (χ4n) is 2.73. The van der Waals surface area contributed by atoms with E-state index in [1.54, 1.807) is 0 Å². The van der Waals surface area contributed by atoms with Crippen molar-refractivity contribution in [3.63, 3.8) is 0 Å². The van der Waals surface area contributed by atoms with Gasteiger partial charge in [0.15, 0.2) is 11.0 Å². The molecule has 24 heavy (non-hydrogen) atoms.